The van der Waals surface area contributed by atoms with Crippen LogP contribution in [-0.2, 0) is 23.9 Å². The summed E-state index contributed by atoms with van der Waals surface area (Å²) in [6.45, 7) is 16.8. The van der Waals surface area contributed by atoms with Crippen molar-refractivity contribution >= 4 is 17.7 Å². The lowest BCUT2D eigenvalue weighted by molar-refractivity contribution is -0.151. The molecule has 0 aromatic heterocycles. The Bertz CT molecular complexity index is 1100. The van der Waals surface area contributed by atoms with Crippen molar-refractivity contribution in [2.45, 2.75) is 119 Å². The second kappa shape index (κ2) is 10.2. The van der Waals surface area contributed by atoms with Gasteiger partial charge in [-0.3, -0.25) is 9.59 Å². The molecule has 6 heteroatoms. The number of carbonyl (C=O) groups excluding carboxylic acids is 2. The maximum atomic E-state index is 13.0. The Labute approximate surface area is 235 Å². The van der Waals surface area contributed by atoms with Crippen LogP contribution >= 0.6 is 0 Å². The molecule has 0 bridgehead atoms. The molecule has 39 heavy (non-hydrogen) atoms. The molecule has 0 amide bonds. The topological polar surface area (TPSA) is 89.9 Å². The van der Waals surface area contributed by atoms with Crippen LogP contribution in [0.5, 0.6) is 0 Å². The third-order valence-electron chi connectivity index (χ3n) is 12.4. The maximum absolute atomic E-state index is 13.0. The molecule has 1 N–H and O–H groups in total. The molecule has 8 unspecified atom stereocenters. The molecule has 0 saturated heterocycles. The quantitative estimate of drug-likeness (QED) is 0.213. The number of hydrogen-bond acceptors (Lipinski definition) is 5. The first-order valence-corrected chi connectivity index (χ1v) is 14.9. The zero-order chi connectivity index (χ0) is 29.1. The molecular formula is C33H50O6. The fraction of sp³-hybridized carbons (Fsp3) is 0.788. The number of carboxylic acids is 1. The molecule has 6 nitrogen and oxygen atoms in total. The summed E-state index contributed by atoms with van der Waals surface area (Å²) in [6.07, 6.45) is 8.34. The van der Waals surface area contributed by atoms with Gasteiger partial charge in [0, 0.05) is 37.9 Å². The lowest BCUT2D eigenvalue weighted by Crippen LogP contribution is -2.57. The third-order valence-corrected chi connectivity index (χ3v) is 12.4. The molecule has 4 rings (SSSR count). The monoisotopic (exact) mass is 542 g/mol. The van der Waals surface area contributed by atoms with Gasteiger partial charge in [0.25, 0.3) is 0 Å². The van der Waals surface area contributed by atoms with Crippen LogP contribution < -0.4 is 0 Å². The number of esters is 1. The number of aliphatic carboxylic acids is 1. The molecule has 0 radical (unpaired) electrons. The number of methoxy groups -OCH3 is 1. The minimum atomic E-state index is -0.946. The van der Waals surface area contributed by atoms with Crippen molar-refractivity contribution in [3.8, 4) is 0 Å². The van der Waals surface area contributed by atoms with Crippen molar-refractivity contribution in [1.82, 2.24) is 0 Å². The van der Waals surface area contributed by atoms with E-state index in [0.29, 0.717) is 24.5 Å². The number of allylic oxidation sites excluding steroid dienone is 1. The SMILES string of the molecule is COC1CC2C(C)(C)C(=O)CCC2(C)C2=C1C1(C)CCC(C(C)C(CC=C(C)C(=O)O)OC(C)=O)C1(C)CC2. The van der Waals surface area contributed by atoms with Crippen LogP contribution in [0.2, 0.25) is 0 Å². The van der Waals surface area contributed by atoms with Gasteiger partial charge in [0.1, 0.15) is 11.9 Å². The van der Waals surface area contributed by atoms with Gasteiger partial charge in [0.2, 0.25) is 0 Å². The predicted octanol–water partition coefficient (Wildman–Crippen LogP) is 6.92. The Hall–Kier alpha value is -1.95. The van der Waals surface area contributed by atoms with Gasteiger partial charge < -0.3 is 14.6 Å². The van der Waals surface area contributed by atoms with Crippen molar-refractivity contribution in [3.05, 3.63) is 22.8 Å². The van der Waals surface area contributed by atoms with Gasteiger partial charge in [0.05, 0.1) is 6.10 Å². The summed E-state index contributed by atoms with van der Waals surface area (Å²) in [5.74, 6) is -0.204. The number of fused-ring (bicyclic) bond motifs is 4. The van der Waals surface area contributed by atoms with Crippen LogP contribution in [0.25, 0.3) is 0 Å². The van der Waals surface area contributed by atoms with Crippen LogP contribution in [-0.4, -0.2) is 42.1 Å². The fourth-order valence-corrected chi connectivity index (χ4v) is 9.74. The molecule has 0 spiro atoms. The summed E-state index contributed by atoms with van der Waals surface area (Å²) in [7, 11) is 1.83. The van der Waals surface area contributed by atoms with E-state index >= 15 is 0 Å². The van der Waals surface area contributed by atoms with Crippen LogP contribution in [0.1, 0.15) is 107 Å². The van der Waals surface area contributed by atoms with Gasteiger partial charge in [-0.05, 0) is 85.0 Å². The summed E-state index contributed by atoms with van der Waals surface area (Å²) >= 11 is 0. The second-order valence-corrected chi connectivity index (χ2v) is 14.3. The third kappa shape index (κ3) is 4.53. The smallest absolute Gasteiger partial charge is 0.330 e. The van der Waals surface area contributed by atoms with Gasteiger partial charge in [0.15, 0.2) is 0 Å². The molecule has 0 aromatic rings. The highest BCUT2D eigenvalue weighted by molar-refractivity contribution is 5.86. The van der Waals surface area contributed by atoms with E-state index in [1.165, 1.54) is 12.5 Å². The molecule has 4 aliphatic rings. The molecular weight excluding hydrogens is 492 g/mol. The Balaban J connectivity index is 1.73. The molecule has 4 aliphatic carbocycles. The summed E-state index contributed by atoms with van der Waals surface area (Å²) in [5.41, 5.74) is 2.92. The van der Waals surface area contributed by atoms with Crippen LogP contribution in [0.4, 0.5) is 0 Å². The van der Waals surface area contributed by atoms with Crippen molar-refractivity contribution in [2.75, 3.05) is 7.11 Å². The van der Waals surface area contributed by atoms with E-state index in [4.69, 9.17) is 9.47 Å². The molecule has 0 heterocycles. The zero-order valence-electron chi connectivity index (χ0n) is 25.6. The van der Waals surface area contributed by atoms with Crippen molar-refractivity contribution in [1.29, 1.82) is 0 Å². The Morgan fingerprint density at radius 2 is 1.74 bits per heavy atom. The number of carboxylic acid groups (broad SMARTS) is 1. The number of ketones is 1. The van der Waals surface area contributed by atoms with Crippen LogP contribution in [0.15, 0.2) is 22.8 Å². The van der Waals surface area contributed by atoms with E-state index < -0.39 is 5.97 Å². The molecule has 0 aromatic carbocycles. The highest BCUT2D eigenvalue weighted by Crippen LogP contribution is 2.72. The fourth-order valence-electron chi connectivity index (χ4n) is 9.74. The highest BCUT2D eigenvalue weighted by Gasteiger charge is 2.65. The zero-order valence-corrected chi connectivity index (χ0v) is 25.6. The first-order chi connectivity index (χ1) is 18.0. The molecule has 2 fully saturated rings. The molecule has 218 valence electrons. The summed E-state index contributed by atoms with van der Waals surface area (Å²) in [6, 6.07) is 0. The maximum Gasteiger partial charge on any atom is 0.330 e. The highest BCUT2D eigenvalue weighted by atomic mass is 16.5. The van der Waals surface area contributed by atoms with Crippen molar-refractivity contribution in [2.24, 2.45) is 39.4 Å². The van der Waals surface area contributed by atoms with Gasteiger partial charge >= 0.3 is 11.9 Å². The van der Waals surface area contributed by atoms with E-state index in [1.54, 1.807) is 18.6 Å². The van der Waals surface area contributed by atoms with E-state index in [9.17, 15) is 19.5 Å². The number of ether oxygens (including phenoxy) is 2. The summed E-state index contributed by atoms with van der Waals surface area (Å²) in [4.78, 5) is 36.5. The minimum Gasteiger partial charge on any atom is -0.478 e. The molecule has 8 atom stereocenters. The minimum absolute atomic E-state index is 0.00478. The summed E-state index contributed by atoms with van der Waals surface area (Å²) in [5, 5.41) is 9.35. The van der Waals surface area contributed by atoms with Crippen LogP contribution in [0.3, 0.4) is 0 Å². The Morgan fingerprint density at radius 3 is 2.33 bits per heavy atom. The Kier molecular flexibility index (Phi) is 7.81. The van der Waals surface area contributed by atoms with Crippen LogP contribution in [0, 0.1) is 39.4 Å². The van der Waals surface area contributed by atoms with Gasteiger partial charge in [-0.25, -0.2) is 4.79 Å². The number of rotatable bonds is 7. The van der Waals surface area contributed by atoms with Gasteiger partial charge in [-0.1, -0.05) is 53.2 Å². The van der Waals surface area contributed by atoms with Crippen molar-refractivity contribution < 1.29 is 29.0 Å². The predicted molar refractivity (Wildman–Crippen MR) is 151 cm³/mol. The van der Waals surface area contributed by atoms with E-state index in [0.717, 1.165) is 38.5 Å². The summed E-state index contributed by atoms with van der Waals surface area (Å²) < 4.78 is 12.1. The first-order valence-electron chi connectivity index (χ1n) is 14.9. The van der Waals surface area contributed by atoms with E-state index in [2.05, 4.69) is 41.5 Å². The van der Waals surface area contributed by atoms with E-state index in [1.807, 2.05) is 7.11 Å². The standard InChI is InChI=1S/C33H50O6/c1-19(29(36)37)10-11-24(39-21(3)34)20(2)22-12-17-33(8)28-23(13-16-32(22,33)7)31(6)15-14-27(35)30(4,5)26(31)18-25(28)38-9/h10,20,22,24-26H,11-18H2,1-9H3,(H,36,37). The average molecular weight is 543 g/mol. The largest absolute Gasteiger partial charge is 0.478 e. The second-order valence-electron chi connectivity index (χ2n) is 14.3. The number of Topliss-reactive ketones (excluding diaryl/α,β-unsaturated/α-hetero) is 1. The normalized spacial score (nSPS) is 39.4. The lowest BCUT2D eigenvalue weighted by Gasteiger charge is -2.62. The molecule has 2 saturated carbocycles. The van der Waals surface area contributed by atoms with Gasteiger partial charge in [-0.15, -0.1) is 0 Å². The Morgan fingerprint density at radius 1 is 1.08 bits per heavy atom. The number of carbonyl (C=O) groups is 3. The number of hydrogen-bond donors (Lipinski definition) is 1. The molecule has 0 aliphatic heterocycles. The lowest BCUT2D eigenvalue weighted by atomic mass is 9.43. The average Bonchev–Trinajstić information content (AvgIpc) is 3.14. The first kappa shape index (κ1) is 30.0. The van der Waals surface area contributed by atoms with E-state index in [-0.39, 0.29) is 57.2 Å². The van der Waals surface area contributed by atoms with Gasteiger partial charge in [-0.2, -0.15) is 0 Å². The van der Waals surface area contributed by atoms with Crippen molar-refractivity contribution in [3.63, 3.8) is 0 Å².